The summed E-state index contributed by atoms with van der Waals surface area (Å²) >= 11 is 0. The van der Waals surface area contributed by atoms with Crippen LogP contribution in [-0.4, -0.2) is 73.4 Å². The highest BCUT2D eigenvalue weighted by Gasteiger charge is 2.18. The first-order chi connectivity index (χ1) is 20.7. The lowest BCUT2D eigenvalue weighted by Gasteiger charge is -2.32. The van der Waals surface area contributed by atoms with E-state index in [1.54, 1.807) is 30.6 Å². The quantitative estimate of drug-likeness (QED) is 0.248. The van der Waals surface area contributed by atoms with E-state index in [0.717, 1.165) is 60.5 Å². The highest BCUT2D eigenvalue weighted by Crippen LogP contribution is 2.31. The van der Waals surface area contributed by atoms with E-state index in [2.05, 4.69) is 44.8 Å². The fourth-order valence-corrected chi connectivity index (χ4v) is 5.37. The molecule has 0 saturated carbocycles. The smallest absolute Gasteiger partial charge is 0.251 e. The van der Waals surface area contributed by atoms with Crippen molar-refractivity contribution in [2.75, 3.05) is 33.2 Å². The Morgan fingerprint density at radius 1 is 0.884 bits per heavy atom. The number of ether oxygens (including phenoxy) is 1. The predicted octanol–water partition coefficient (Wildman–Crippen LogP) is 5.32. The van der Waals surface area contributed by atoms with Crippen LogP contribution in [0, 0.1) is 13.8 Å². The number of aromatic hydroxyl groups is 1. The minimum atomic E-state index is 0.0678. The van der Waals surface area contributed by atoms with Gasteiger partial charge in [-0.05, 0) is 85.6 Å². The number of ketones is 1. The van der Waals surface area contributed by atoms with E-state index in [0.29, 0.717) is 28.6 Å². The lowest BCUT2D eigenvalue weighted by Crippen LogP contribution is -2.43. The van der Waals surface area contributed by atoms with Crippen LogP contribution in [0.15, 0.2) is 67.0 Å². The predicted molar refractivity (Wildman–Crippen MR) is 167 cm³/mol. The fraction of sp³-hybridized carbons (Fsp3) is 0.294. The molecule has 220 valence electrons. The zero-order chi connectivity index (χ0) is 30.1. The first-order valence-electron chi connectivity index (χ1n) is 14.5. The van der Waals surface area contributed by atoms with Crippen molar-refractivity contribution in [3.05, 3.63) is 94.8 Å². The average molecular weight is 577 g/mol. The highest BCUT2D eigenvalue weighted by molar-refractivity contribution is 5.98. The molecule has 1 fully saturated rings. The lowest BCUT2D eigenvalue weighted by atomic mass is 9.96. The maximum atomic E-state index is 13.4. The fourth-order valence-electron chi connectivity index (χ4n) is 5.37. The number of likely N-dealkylation sites (N-methyl/N-ethyl adjacent to an activating group) is 1. The topological polar surface area (TPSA) is 96.6 Å². The first-order valence-corrected chi connectivity index (χ1v) is 14.5. The first kappa shape index (κ1) is 28.5. The molecule has 3 heterocycles. The van der Waals surface area contributed by atoms with Crippen LogP contribution >= 0.6 is 0 Å². The van der Waals surface area contributed by atoms with Crippen molar-refractivity contribution in [3.63, 3.8) is 0 Å². The summed E-state index contributed by atoms with van der Waals surface area (Å²) in [4.78, 5) is 32.1. The summed E-state index contributed by atoms with van der Waals surface area (Å²) in [5, 5.41) is 9.71. The van der Waals surface area contributed by atoms with Gasteiger partial charge in [-0.15, -0.1) is 0 Å². The molecule has 1 aliphatic heterocycles. The Hall–Kier alpha value is -4.60. The molecule has 0 radical (unpaired) electrons. The number of carbonyl (C=O) groups excluding carboxylic acids is 1. The molecule has 1 N–H and O–H groups in total. The second-order valence-electron chi connectivity index (χ2n) is 11.4. The Bertz CT molecular complexity index is 1790. The highest BCUT2D eigenvalue weighted by atomic mass is 16.5. The Morgan fingerprint density at radius 2 is 1.65 bits per heavy atom. The van der Waals surface area contributed by atoms with Crippen LogP contribution in [0.1, 0.15) is 32.6 Å². The van der Waals surface area contributed by atoms with Crippen LogP contribution < -0.4 is 4.74 Å². The largest absolute Gasteiger partial charge is 0.508 e. The number of aromatic nitrogens is 4. The number of rotatable bonds is 8. The number of carbonyl (C=O) groups is 1. The summed E-state index contributed by atoms with van der Waals surface area (Å²) in [5.74, 6) is 1.58. The number of phenols is 1. The van der Waals surface area contributed by atoms with Crippen LogP contribution in [-0.2, 0) is 20.0 Å². The maximum absolute atomic E-state index is 13.4. The number of benzene rings is 3. The average Bonchev–Trinajstić information content (AvgIpc) is 3.38. The van der Waals surface area contributed by atoms with Crippen LogP contribution in [0.3, 0.4) is 0 Å². The monoisotopic (exact) mass is 576 g/mol. The molecule has 5 aromatic rings. The number of piperazine rings is 1. The third-order valence-electron chi connectivity index (χ3n) is 8.19. The summed E-state index contributed by atoms with van der Waals surface area (Å²) in [7, 11) is 4.03. The van der Waals surface area contributed by atoms with E-state index in [1.807, 2.05) is 48.9 Å². The molecular weight excluding hydrogens is 540 g/mol. The molecule has 0 aliphatic carbocycles. The zero-order valence-corrected chi connectivity index (χ0v) is 25.0. The van der Waals surface area contributed by atoms with Gasteiger partial charge in [0.1, 0.15) is 11.5 Å². The Labute approximate surface area is 251 Å². The van der Waals surface area contributed by atoms with E-state index in [-0.39, 0.29) is 18.0 Å². The van der Waals surface area contributed by atoms with E-state index < -0.39 is 0 Å². The maximum Gasteiger partial charge on any atom is 0.251 e. The van der Waals surface area contributed by atoms with Crippen LogP contribution in [0.4, 0.5) is 0 Å². The van der Waals surface area contributed by atoms with Gasteiger partial charge in [-0.1, -0.05) is 18.2 Å². The van der Waals surface area contributed by atoms with Gasteiger partial charge in [-0.3, -0.25) is 9.69 Å². The van der Waals surface area contributed by atoms with E-state index in [4.69, 9.17) is 4.74 Å². The van der Waals surface area contributed by atoms with Gasteiger partial charge in [0, 0.05) is 57.3 Å². The van der Waals surface area contributed by atoms with Crippen molar-refractivity contribution < 1.29 is 14.6 Å². The van der Waals surface area contributed by atoms with Gasteiger partial charge < -0.3 is 19.3 Å². The van der Waals surface area contributed by atoms with Gasteiger partial charge in [0.15, 0.2) is 22.8 Å². The van der Waals surface area contributed by atoms with Crippen LogP contribution in [0.5, 0.6) is 17.4 Å². The molecule has 3 aromatic carbocycles. The van der Waals surface area contributed by atoms with Crippen molar-refractivity contribution in [2.24, 2.45) is 7.05 Å². The van der Waals surface area contributed by atoms with Crippen LogP contribution in [0.2, 0.25) is 0 Å². The van der Waals surface area contributed by atoms with Crippen molar-refractivity contribution in [1.82, 2.24) is 29.3 Å². The molecule has 9 nitrogen and oxygen atoms in total. The van der Waals surface area contributed by atoms with Gasteiger partial charge in [0.05, 0.1) is 6.33 Å². The number of phenolic OH excluding ortho intramolecular Hbond substituents is 1. The summed E-state index contributed by atoms with van der Waals surface area (Å²) in [6.45, 7) is 9.30. The Morgan fingerprint density at radius 3 is 2.40 bits per heavy atom. The van der Waals surface area contributed by atoms with Crippen molar-refractivity contribution in [1.29, 1.82) is 0 Å². The number of nitrogens with zero attached hydrogens (tertiary/aromatic N) is 6. The Balaban J connectivity index is 1.21. The molecule has 1 saturated heterocycles. The molecule has 0 bridgehead atoms. The third kappa shape index (κ3) is 6.28. The van der Waals surface area contributed by atoms with E-state index >= 15 is 0 Å². The summed E-state index contributed by atoms with van der Waals surface area (Å²) in [6, 6.07) is 18.5. The number of aryl methyl sites for hydroxylation is 3. The molecular formula is C34H36N6O3. The molecule has 1 aliphatic rings. The second-order valence-corrected chi connectivity index (χ2v) is 11.4. The molecule has 2 aromatic heterocycles. The van der Waals surface area contributed by atoms with Gasteiger partial charge in [0.25, 0.3) is 5.88 Å². The van der Waals surface area contributed by atoms with Crippen LogP contribution in [0.25, 0.3) is 22.6 Å². The van der Waals surface area contributed by atoms with Crippen molar-refractivity contribution in [3.8, 4) is 28.8 Å². The second kappa shape index (κ2) is 11.9. The third-order valence-corrected chi connectivity index (χ3v) is 8.19. The minimum Gasteiger partial charge on any atom is -0.508 e. The van der Waals surface area contributed by atoms with E-state index in [9.17, 15) is 9.90 Å². The number of Topliss-reactive ketones (excluding diaryl/α,β-unsaturated/α-hetero) is 1. The number of hydrogen-bond acceptors (Lipinski definition) is 8. The Kier molecular flexibility index (Phi) is 7.92. The number of hydrogen-bond donors (Lipinski definition) is 1. The SMILES string of the molecule is Cc1ccc(Oc2nc(-c3ccc(O)cc3)nc3c2ncn3C)cc1CC(=O)c1ccc(CN2CCN(C)CC2)c(C)c1. The minimum absolute atomic E-state index is 0.0678. The van der Waals surface area contributed by atoms with Gasteiger partial charge in [-0.2, -0.15) is 4.98 Å². The number of fused-ring (bicyclic) bond motifs is 1. The molecule has 6 rings (SSSR count). The molecule has 0 unspecified atom stereocenters. The standard InChI is InChI=1S/C34H36N6O3/c1-22-5-12-29(43-34-31-33(39(4)21-35-31)36-32(37-34)24-8-10-28(41)11-9-24)18-27(22)19-30(42)25-6-7-26(23(2)17-25)20-40-15-13-38(3)14-16-40/h5-12,17-18,21,41H,13-16,19-20H2,1-4H3. The van der Waals surface area contributed by atoms with E-state index in [1.165, 1.54) is 5.56 Å². The number of imidazole rings is 1. The molecule has 0 spiro atoms. The zero-order valence-electron chi connectivity index (χ0n) is 25.0. The van der Waals surface area contributed by atoms with Gasteiger partial charge >= 0.3 is 0 Å². The molecule has 43 heavy (non-hydrogen) atoms. The molecule has 9 heteroatoms. The van der Waals surface area contributed by atoms with Crippen molar-refractivity contribution >= 4 is 16.9 Å². The summed E-state index contributed by atoms with van der Waals surface area (Å²) in [5.41, 5.74) is 6.94. The van der Waals surface area contributed by atoms with Crippen molar-refractivity contribution in [2.45, 2.75) is 26.8 Å². The molecule has 0 atom stereocenters. The normalized spacial score (nSPS) is 14.3. The van der Waals surface area contributed by atoms with Gasteiger partial charge in [-0.25, -0.2) is 9.97 Å². The molecule has 0 amide bonds. The summed E-state index contributed by atoms with van der Waals surface area (Å²) in [6.07, 6.45) is 1.94. The lowest BCUT2D eigenvalue weighted by molar-refractivity contribution is 0.0992. The van der Waals surface area contributed by atoms with Gasteiger partial charge in [0.2, 0.25) is 0 Å². The summed E-state index contributed by atoms with van der Waals surface area (Å²) < 4.78 is 8.10.